The number of aryl methyl sites for hydroxylation is 2. The molecule has 2 N–H and O–H groups in total. The number of aromatic amines is 2. The molecule has 4 aromatic rings. The van der Waals surface area contributed by atoms with Crippen LogP contribution in [0.4, 0.5) is 0 Å². The second-order valence-corrected chi connectivity index (χ2v) is 9.90. The van der Waals surface area contributed by atoms with Gasteiger partial charge >= 0.3 is 0 Å². The molecule has 0 atom stereocenters. The summed E-state index contributed by atoms with van der Waals surface area (Å²) in [6.45, 7) is 4.08. The Morgan fingerprint density at radius 3 is 2.63 bits per heavy atom. The van der Waals surface area contributed by atoms with Crippen molar-refractivity contribution in [2.45, 2.75) is 13.8 Å². The smallest absolute Gasteiger partial charge is 0.205 e. The van der Waals surface area contributed by atoms with Crippen LogP contribution >= 0.6 is 11.3 Å². The largest absolute Gasteiger partial charge is 0.494 e. The van der Waals surface area contributed by atoms with E-state index in [0.717, 1.165) is 43.5 Å². The van der Waals surface area contributed by atoms with Crippen LogP contribution < -0.4 is 26.0 Å². The van der Waals surface area contributed by atoms with E-state index in [4.69, 9.17) is 16.2 Å². The second kappa shape index (κ2) is 10.4. The summed E-state index contributed by atoms with van der Waals surface area (Å²) in [6.07, 6.45) is 10.7. The van der Waals surface area contributed by atoms with Gasteiger partial charge in [0.25, 0.3) is 0 Å². The lowest BCUT2D eigenvalue weighted by Gasteiger charge is -2.02. The summed E-state index contributed by atoms with van der Waals surface area (Å²) in [6, 6.07) is 15.4. The molecule has 1 aliphatic rings. The van der Waals surface area contributed by atoms with Crippen LogP contribution in [0, 0.1) is 26.2 Å². The number of aromatic nitrogens is 2. The fraction of sp³-hybridized carbons (Fsp3) is 0.129. The molecule has 0 aliphatic carbocycles. The van der Waals surface area contributed by atoms with E-state index in [1.54, 1.807) is 26.3 Å². The first-order valence-corrected chi connectivity index (χ1v) is 12.8. The van der Waals surface area contributed by atoms with Crippen LogP contribution in [0.25, 0.3) is 17.3 Å². The minimum atomic E-state index is -0.101. The highest BCUT2D eigenvalue weighted by atomic mass is 32.1. The Bertz CT molecular complexity index is 1920. The van der Waals surface area contributed by atoms with E-state index in [2.05, 4.69) is 33.9 Å². The molecule has 0 radical (unpaired) electrons. The molecule has 3 aromatic heterocycles. The van der Waals surface area contributed by atoms with Crippen molar-refractivity contribution in [3.63, 3.8) is 0 Å². The molecule has 6 nitrogen and oxygen atoms in total. The monoisotopic (exact) mass is 518 g/mol. The molecular weight excluding hydrogens is 492 g/mol. The summed E-state index contributed by atoms with van der Waals surface area (Å²) in [5, 5.41) is 3.05. The molecule has 0 bridgehead atoms. The van der Waals surface area contributed by atoms with E-state index in [1.165, 1.54) is 11.3 Å². The van der Waals surface area contributed by atoms with Crippen molar-refractivity contribution in [3.05, 3.63) is 109 Å². The number of carbonyl (C=O) groups is 1. The normalized spacial score (nSPS) is 15.1. The molecule has 5 rings (SSSR count). The fourth-order valence-corrected chi connectivity index (χ4v) is 5.49. The van der Waals surface area contributed by atoms with Crippen LogP contribution in [0.2, 0.25) is 0 Å². The molecule has 7 heteroatoms. The van der Waals surface area contributed by atoms with Gasteiger partial charge in [-0.2, -0.15) is 0 Å². The predicted octanol–water partition coefficient (Wildman–Crippen LogP) is 2.94. The number of H-pyrrole nitrogens is 2. The number of para-hydroxylation sites is 1. The quantitative estimate of drug-likeness (QED) is 0.234. The van der Waals surface area contributed by atoms with Crippen LogP contribution in [-0.4, -0.2) is 35.6 Å². The van der Waals surface area contributed by atoms with Crippen LogP contribution in [0.1, 0.15) is 31.5 Å². The van der Waals surface area contributed by atoms with Crippen molar-refractivity contribution in [3.8, 4) is 18.1 Å². The van der Waals surface area contributed by atoms with Crippen molar-refractivity contribution in [2.24, 2.45) is 9.98 Å². The first kappa shape index (κ1) is 25.0. The lowest BCUT2D eigenvalue weighted by molar-refractivity contribution is 0.106. The van der Waals surface area contributed by atoms with E-state index < -0.39 is 0 Å². The number of nitrogens with zero attached hydrogens (tertiary/aromatic N) is 2. The zero-order valence-corrected chi connectivity index (χ0v) is 22.4. The molecule has 1 aromatic carbocycles. The summed E-state index contributed by atoms with van der Waals surface area (Å²) < 4.78 is 5.68. The Morgan fingerprint density at radius 1 is 1.13 bits per heavy atom. The van der Waals surface area contributed by atoms with Gasteiger partial charge in [0.15, 0.2) is 0 Å². The van der Waals surface area contributed by atoms with Crippen LogP contribution in [0.5, 0.6) is 5.75 Å². The molecule has 0 unspecified atom stereocenters. The molecule has 0 amide bonds. The Morgan fingerprint density at radius 2 is 1.92 bits per heavy atom. The van der Waals surface area contributed by atoms with Crippen molar-refractivity contribution < 1.29 is 9.53 Å². The molecule has 0 saturated carbocycles. The highest BCUT2D eigenvalue weighted by Gasteiger charge is 2.24. The van der Waals surface area contributed by atoms with E-state index >= 15 is 0 Å². The van der Waals surface area contributed by atoms with Crippen molar-refractivity contribution >= 4 is 40.2 Å². The number of terminal acetylenes is 1. The standard InChI is InChI=1S/C31H26N4O2S/c1-6-7-11-22(32-4)27-13-14-28(38-27)31(36)29-20-10-8-9-12-21(20)35-30(29)25-17-26(37-5)24(34-25)16-23-18(2)15-19(3)33-23/h1,7-17,33-34H,2-5H3/b11-7-,24-16-,30-25?,32-22?. The molecule has 4 heterocycles. The number of thiophene rings is 1. The number of carbonyl (C=O) groups excluding carboxylic acids is 1. The number of ketones is 1. The van der Waals surface area contributed by atoms with E-state index in [-0.39, 0.29) is 5.78 Å². The van der Waals surface area contributed by atoms with Crippen LogP contribution in [0.3, 0.4) is 0 Å². The van der Waals surface area contributed by atoms with Gasteiger partial charge in [-0.25, -0.2) is 4.99 Å². The number of hydrogen-bond acceptors (Lipinski definition) is 5. The summed E-state index contributed by atoms with van der Waals surface area (Å²) in [5.74, 6) is 3.05. The summed E-state index contributed by atoms with van der Waals surface area (Å²) in [5.41, 5.74) is 5.06. The van der Waals surface area contributed by atoms with Gasteiger partial charge in [0.2, 0.25) is 5.78 Å². The molecule has 188 valence electrons. The van der Waals surface area contributed by atoms with E-state index in [1.807, 2.05) is 55.5 Å². The second-order valence-electron chi connectivity index (χ2n) is 8.81. The Balaban J connectivity index is 1.68. The Kier molecular flexibility index (Phi) is 6.82. The van der Waals surface area contributed by atoms with Gasteiger partial charge in [0, 0.05) is 29.7 Å². The maximum Gasteiger partial charge on any atom is 0.205 e. The molecule has 0 fully saturated rings. The van der Waals surface area contributed by atoms with Gasteiger partial charge in [0.1, 0.15) is 5.75 Å². The number of nitrogens with one attached hydrogen (secondary N) is 2. The maximum absolute atomic E-state index is 14.0. The number of fused-ring (bicyclic) bond motifs is 1. The number of ether oxygens (including phenoxy) is 1. The molecule has 0 saturated heterocycles. The fourth-order valence-electron chi connectivity index (χ4n) is 4.53. The van der Waals surface area contributed by atoms with Crippen molar-refractivity contribution in [2.75, 3.05) is 14.2 Å². The van der Waals surface area contributed by atoms with Gasteiger partial charge in [0.05, 0.1) is 49.9 Å². The molecule has 1 aliphatic heterocycles. The minimum Gasteiger partial charge on any atom is -0.494 e. The summed E-state index contributed by atoms with van der Waals surface area (Å²) in [4.78, 5) is 31.4. The lowest BCUT2D eigenvalue weighted by Crippen LogP contribution is -2.24. The minimum absolute atomic E-state index is 0.101. The Hall–Kier alpha value is -4.67. The predicted molar refractivity (Wildman–Crippen MR) is 154 cm³/mol. The van der Waals surface area contributed by atoms with E-state index in [0.29, 0.717) is 27.2 Å². The number of aliphatic imine (C=N–C) groups is 1. The van der Waals surface area contributed by atoms with Gasteiger partial charge in [-0.1, -0.05) is 24.1 Å². The lowest BCUT2D eigenvalue weighted by atomic mass is 10.0. The molecular formula is C31H26N4O2S. The average Bonchev–Trinajstić information content (AvgIpc) is 3.69. The summed E-state index contributed by atoms with van der Waals surface area (Å²) >= 11 is 1.38. The number of rotatable bonds is 6. The van der Waals surface area contributed by atoms with Crippen molar-refractivity contribution in [1.29, 1.82) is 0 Å². The zero-order chi connectivity index (χ0) is 26.8. The number of Topliss-reactive ketones (excluding diaryl/α,β-unsaturated/α-hetero) is 1. The zero-order valence-electron chi connectivity index (χ0n) is 21.5. The molecule has 38 heavy (non-hydrogen) atoms. The van der Waals surface area contributed by atoms with Crippen LogP contribution in [0.15, 0.2) is 70.7 Å². The third kappa shape index (κ3) is 4.58. The number of allylic oxidation sites excluding steroid dienone is 2. The van der Waals surface area contributed by atoms with Gasteiger partial charge in [-0.05, 0) is 61.9 Å². The maximum atomic E-state index is 14.0. The van der Waals surface area contributed by atoms with E-state index in [9.17, 15) is 4.79 Å². The van der Waals surface area contributed by atoms with Gasteiger partial charge in [-0.3, -0.25) is 9.79 Å². The van der Waals surface area contributed by atoms with Crippen LogP contribution in [-0.2, 0) is 0 Å². The number of hydrogen-bond donors (Lipinski definition) is 2. The highest BCUT2D eigenvalue weighted by molar-refractivity contribution is 7.16. The number of benzene rings is 1. The van der Waals surface area contributed by atoms with Gasteiger partial charge in [-0.15, -0.1) is 17.8 Å². The van der Waals surface area contributed by atoms with Gasteiger partial charge < -0.3 is 14.7 Å². The third-order valence-corrected chi connectivity index (χ3v) is 7.40. The average molecular weight is 519 g/mol. The SMILES string of the molecule is C#C/C=C\C(=NC)c1ccc(C(=O)C2=c3ccccc3=NC2=c2cc(OC)/c(=C/c3[nH]c(C)cc3C)[nH]2)s1. The first-order chi connectivity index (χ1) is 18.4. The Labute approximate surface area is 224 Å². The summed E-state index contributed by atoms with van der Waals surface area (Å²) in [7, 11) is 3.33. The molecule has 0 spiro atoms. The first-order valence-electron chi connectivity index (χ1n) is 12.0. The highest BCUT2D eigenvalue weighted by Crippen LogP contribution is 2.26. The third-order valence-electron chi connectivity index (χ3n) is 6.29. The van der Waals surface area contributed by atoms with Crippen molar-refractivity contribution in [1.82, 2.24) is 9.97 Å². The number of methoxy groups -OCH3 is 1. The topological polar surface area (TPSA) is 82.6 Å².